The summed E-state index contributed by atoms with van der Waals surface area (Å²) in [5.41, 5.74) is -0.963. The molecule has 0 saturated heterocycles. The number of aromatic nitrogens is 4. The average molecular weight is 378 g/mol. The van der Waals surface area contributed by atoms with Gasteiger partial charge in [-0.25, -0.2) is 9.67 Å². The number of halogens is 4. The Bertz CT molecular complexity index is 626. The molecule has 0 spiro atoms. The second kappa shape index (κ2) is 7.08. The van der Waals surface area contributed by atoms with Crippen molar-refractivity contribution >= 4 is 21.9 Å². The van der Waals surface area contributed by atoms with Gasteiger partial charge >= 0.3 is 6.18 Å². The van der Waals surface area contributed by atoms with Crippen LogP contribution in [0.1, 0.15) is 31.9 Å². The summed E-state index contributed by atoms with van der Waals surface area (Å²) in [4.78, 5) is 8.28. The fraction of sp³-hybridized carbons (Fsp3) is 0.462. The van der Waals surface area contributed by atoms with E-state index >= 15 is 0 Å². The third-order valence-electron chi connectivity index (χ3n) is 2.89. The fourth-order valence-electron chi connectivity index (χ4n) is 1.77. The lowest BCUT2D eigenvalue weighted by atomic mass is 10.2. The first-order valence-corrected chi connectivity index (χ1v) is 7.60. The van der Waals surface area contributed by atoms with Crippen molar-refractivity contribution in [2.75, 3.05) is 11.9 Å². The SMILES string of the molecule is CCCCCNc1ncc(Br)c(-n2ccc(C(F)(F)F)n2)n1. The Balaban J connectivity index is 2.18. The maximum Gasteiger partial charge on any atom is 0.435 e. The highest BCUT2D eigenvalue weighted by Gasteiger charge is 2.33. The van der Waals surface area contributed by atoms with Gasteiger partial charge in [0.25, 0.3) is 0 Å². The molecule has 0 fully saturated rings. The van der Waals surface area contributed by atoms with E-state index < -0.39 is 11.9 Å². The second-order valence-corrected chi connectivity index (χ2v) is 5.50. The number of rotatable bonds is 6. The van der Waals surface area contributed by atoms with E-state index in [2.05, 4.69) is 43.2 Å². The van der Waals surface area contributed by atoms with Crippen LogP contribution in [-0.4, -0.2) is 26.3 Å². The molecule has 2 aromatic rings. The molecule has 0 aliphatic carbocycles. The predicted octanol–water partition coefficient (Wildman–Crippen LogP) is 4.05. The summed E-state index contributed by atoms with van der Waals surface area (Å²) >= 11 is 3.23. The van der Waals surface area contributed by atoms with Crippen molar-refractivity contribution < 1.29 is 13.2 Å². The van der Waals surface area contributed by atoms with Crippen LogP contribution >= 0.6 is 15.9 Å². The molecular weight excluding hydrogens is 363 g/mol. The summed E-state index contributed by atoms with van der Waals surface area (Å²) in [6, 6.07) is 0.906. The number of alkyl halides is 3. The number of nitrogens with zero attached hydrogens (tertiary/aromatic N) is 4. The van der Waals surface area contributed by atoms with Crippen molar-refractivity contribution in [2.24, 2.45) is 0 Å². The summed E-state index contributed by atoms with van der Waals surface area (Å²) in [5.74, 6) is 0.613. The standard InChI is InChI=1S/C13H15BrF3N5/c1-2-3-4-6-18-12-19-8-9(14)11(20-12)22-7-5-10(21-22)13(15,16)17/h5,7-8H,2-4,6H2,1H3,(H,18,19,20). The zero-order chi connectivity index (χ0) is 16.2. The van der Waals surface area contributed by atoms with Crippen LogP contribution in [0.25, 0.3) is 5.82 Å². The number of nitrogens with one attached hydrogen (secondary N) is 1. The molecular formula is C13H15BrF3N5. The van der Waals surface area contributed by atoms with Crippen LogP contribution in [0.15, 0.2) is 22.9 Å². The smallest absolute Gasteiger partial charge is 0.354 e. The minimum Gasteiger partial charge on any atom is -0.354 e. The molecule has 22 heavy (non-hydrogen) atoms. The zero-order valence-corrected chi connectivity index (χ0v) is 13.4. The van der Waals surface area contributed by atoms with Crippen LogP contribution in [0.5, 0.6) is 0 Å². The van der Waals surface area contributed by atoms with Gasteiger partial charge < -0.3 is 5.32 Å². The molecule has 0 unspecified atom stereocenters. The third kappa shape index (κ3) is 4.19. The van der Waals surface area contributed by atoms with Crippen molar-refractivity contribution in [3.63, 3.8) is 0 Å². The highest BCUT2D eigenvalue weighted by atomic mass is 79.9. The molecule has 2 aromatic heterocycles. The number of unbranched alkanes of at least 4 members (excludes halogenated alkanes) is 2. The first-order valence-electron chi connectivity index (χ1n) is 6.81. The zero-order valence-electron chi connectivity index (χ0n) is 11.9. The minimum atomic E-state index is -4.48. The molecule has 0 aliphatic heterocycles. The number of hydrogen-bond acceptors (Lipinski definition) is 4. The van der Waals surface area contributed by atoms with Gasteiger partial charge in [-0.2, -0.15) is 23.3 Å². The molecule has 0 amide bonds. The van der Waals surface area contributed by atoms with Gasteiger partial charge in [0.05, 0.1) is 4.47 Å². The monoisotopic (exact) mass is 377 g/mol. The molecule has 0 saturated carbocycles. The lowest BCUT2D eigenvalue weighted by molar-refractivity contribution is -0.141. The van der Waals surface area contributed by atoms with Gasteiger partial charge in [0.1, 0.15) is 0 Å². The molecule has 0 aromatic carbocycles. The Kier molecular flexibility index (Phi) is 5.38. The van der Waals surface area contributed by atoms with Crippen molar-refractivity contribution in [2.45, 2.75) is 32.4 Å². The van der Waals surface area contributed by atoms with Crippen LogP contribution < -0.4 is 5.32 Å². The number of anilines is 1. The van der Waals surface area contributed by atoms with E-state index in [1.807, 2.05) is 0 Å². The van der Waals surface area contributed by atoms with Gasteiger partial charge in [0.15, 0.2) is 11.5 Å². The fourth-order valence-corrected chi connectivity index (χ4v) is 2.14. The van der Waals surface area contributed by atoms with Crippen LogP contribution in [0, 0.1) is 0 Å². The topological polar surface area (TPSA) is 55.6 Å². The molecule has 0 radical (unpaired) electrons. The molecule has 0 atom stereocenters. The summed E-state index contributed by atoms with van der Waals surface area (Å²) < 4.78 is 39.3. The summed E-state index contributed by atoms with van der Waals surface area (Å²) in [6.45, 7) is 2.81. The Hall–Kier alpha value is -1.64. The lowest BCUT2D eigenvalue weighted by Crippen LogP contribution is -2.10. The summed E-state index contributed by atoms with van der Waals surface area (Å²) in [6.07, 6.45) is 1.39. The van der Waals surface area contributed by atoms with Crippen molar-refractivity contribution in [3.05, 3.63) is 28.6 Å². The van der Waals surface area contributed by atoms with Crippen LogP contribution in [0.4, 0.5) is 19.1 Å². The van der Waals surface area contributed by atoms with Crippen LogP contribution in [-0.2, 0) is 6.18 Å². The van der Waals surface area contributed by atoms with Gasteiger partial charge in [-0.3, -0.25) is 0 Å². The molecule has 5 nitrogen and oxygen atoms in total. The van der Waals surface area contributed by atoms with E-state index in [4.69, 9.17) is 0 Å². The first kappa shape index (κ1) is 16.7. The summed E-state index contributed by atoms with van der Waals surface area (Å²) in [7, 11) is 0. The van der Waals surface area contributed by atoms with Gasteiger partial charge in [0.2, 0.25) is 5.95 Å². The van der Waals surface area contributed by atoms with Crippen LogP contribution in [0.3, 0.4) is 0 Å². The Morgan fingerprint density at radius 3 is 2.73 bits per heavy atom. The van der Waals surface area contributed by atoms with E-state index in [1.165, 1.54) is 12.4 Å². The lowest BCUT2D eigenvalue weighted by Gasteiger charge is -2.08. The highest BCUT2D eigenvalue weighted by Crippen LogP contribution is 2.28. The van der Waals surface area contributed by atoms with Gasteiger partial charge in [-0.05, 0) is 28.4 Å². The molecule has 9 heteroatoms. The summed E-state index contributed by atoms with van der Waals surface area (Å²) in [5, 5.41) is 6.55. The van der Waals surface area contributed by atoms with Gasteiger partial charge in [0, 0.05) is 18.9 Å². The van der Waals surface area contributed by atoms with E-state index in [9.17, 15) is 13.2 Å². The highest BCUT2D eigenvalue weighted by molar-refractivity contribution is 9.10. The van der Waals surface area contributed by atoms with E-state index in [0.29, 0.717) is 17.0 Å². The normalized spacial score (nSPS) is 11.7. The van der Waals surface area contributed by atoms with Gasteiger partial charge in [-0.1, -0.05) is 19.8 Å². The molecule has 0 bridgehead atoms. The van der Waals surface area contributed by atoms with E-state index in [1.54, 1.807) is 0 Å². The molecule has 1 N–H and O–H groups in total. The Morgan fingerprint density at radius 2 is 2.09 bits per heavy atom. The third-order valence-corrected chi connectivity index (χ3v) is 3.44. The number of hydrogen-bond donors (Lipinski definition) is 1. The average Bonchev–Trinajstić information content (AvgIpc) is 2.95. The van der Waals surface area contributed by atoms with E-state index in [0.717, 1.165) is 30.0 Å². The Labute approximate surface area is 134 Å². The molecule has 2 heterocycles. The maximum atomic E-state index is 12.6. The van der Waals surface area contributed by atoms with E-state index in [-0.39, 0.29) is 5.82 Å². The largest absolute Gasteiger partial charge is 0.435 e. The van der Waals surface area contributed by atoms with Crippen molar-refractivity contribution in [1.29, 1.82) is 0 Å². The minimum absolute atomic E-state index is 0.253. The Morgan fingerprint density at radius 1 is 1.32 bits per heavy atom. The molecule has 0 aliphatic rings. The van der Waals surface area contributed by atoms with Gasteiger partial charge in [-0.15, -0.1) is 0 Å². The molecule has 120 valence electrons. The van der Waals surface area contributed by atoms with Crippen LogP contribution in [0.2, 0.25) is 0 Å². The second-order valence-electron chi connectivity index (χ2n) is 4.64. The molecule has 2 rings (SSSR count). The van der Waals surface area contributed by atoms with Crippen molar-refractivity contribution in [3.8, 4) is 5.82 Å². The van der Waals surface area contributed by atoms with Crippen molar-refractivity contribution in [1.82, 2.24) is 19.7 Å². The predicted molar refractivity (Wildman–Crippen MR) is 79.9 cm³/mol. The maximum absolute atomic E-state index is 12.6. The first-order chi connectivity index (χ1) is 10.4. The quantitative estimate of drug-likeness (QED) is 0.771.